The van der Waals surface area contributed by atoms with Crippen LogP contribution in [0.15, 0.2) is 48.5 Å². The standard InChI is InChI=1S/C18H13ClN2O4/c19-12-5-3-4-11(8-12)15(22)9-20-16(23)10-21-17(24)13-6-1-2-7-14(13)18(21)25/h1-8H,9-10H2,(H,20,23). The second kappa shape index (κ2) is 6.86. The van der Waals surface area contributed by atoms with Gasteiger partial charge in [0.2, 0.25) is 5.91 Å². The molecule has 0 aliphatic carbocycles. The van der Waals surface area contributed by atoms with Gasteiger partial charge in [0.25, 0.3) is 11.8 Å². The molecule has 0 saturated carbocycles. The normalized spacial score (nSPS) is 12.9. The van der Waals surface area contributed by atoms with Crippen LogP contribution in [-0.2, 0) is 4.79 Å². The third-order valence-electron chi connectivity index (χ3n) is 3.77. The number of halogens is 1. The molecule has 0 aromatic heterocycles. The van der Waals surface area contributed by atoms with Crippen molar-refractivity contribution in [2.45, 2.75) is 0 Å². The molecule has 0 bridgehead atoms. The lowest BCUT2D eigenvalue weighted by Crippen LogP contribution is -2.41. The molecular formula is C18H13ClN2O4. The number of benzene rings is 2. The lowest BCUT2D eigenvalue weighted by atomic mass is 10.1. The SMILES string of the molecule is O=C(CN1C(=O)c2ccccc2C1=O)NCC(=O)c1cccc(Cl)c1. The van der Waals surface area contributed by atoms with Crippen LogP contribution in [0.25, 0.3) is 0 Å². The molecule has 0 saturated heterocycles. The van der Waals surface area contributed by atoms with Gasteiger partial charge in [-0.3, -0.25) is 24.1 Å². The van der Waals surface area contributed by atoms with Crippen LogP contribution >= 0.6 is 11.6 Å². The second-order valence-electron chi connectivity index (χ2n) is 5.45. The van der Waals surface area contributed by atoms with Gasteiger partial charge in [-0.1, -0.05) is 35.9 Å². The quantitative estimate of drug-likeness (QED) is 0.655. The Morgan fingerprint density at radius 3 is 2.20 bits per heavy atom. The van der Waals surface area contributed by atoms with Crippen molar-refractivity contribution < 1.29 is 19.2 Å². The van der Waals surface area contributed by atoms with Crippen molar-refractivity contribution in [1.29, 1.82) is 0 Å². The summed E-state index contributed by atoms with van der Waals surface area (Å²) in [4.78, 5) is 49.3. The zero-order valence-electron chi connectivity index (χ0n) is 13.0. The van der Waals surface area contributed by atoms with Crippen molar-refractivity contribution in [2.24, 2.45) is 0 Å². The highest BCUT2D eigenvalue weighted by Gasteiger charge is 2.36. The van der Waals surface area contributed by atoms with Crippen molar-refractivity contribution in [2.75, 3.05) is 13.1 Å². The van der Waals surface area contributed by atoms with Crippen LogP contribution < -0.4 is 5.32 Å². The Kier molecular flexibility index (Phi) is 4.63. The maximum absolute atomic E-state index is 12.2. The molecule has 2 aromatic carbocycles. The molecule has 1 heterocycles. The van der Waals surface area contributed by atoms with E-state index in [1.807, 2.05) is 0 Å². The predicted octanol–water partition coefficient (Wildman–Crippen LogP) is 1.94. The number of hydrogen-bond acceptors (Lipinski definition) is 4. The van der Waals surface area contributed by atoms with Gasteiger partial charge in [-0.05, 0) is 24.3 Å². The highest BCUT2D eigenvalue weighted by molar-refractivity contribution is 6.31. The van der Waals surface area contributed by atoms with E-state index in [2.05, 4.69) is 5.32 Å². The van der Waals surface area contributed by atoms with Crippen LogP contribution in [-0.4, -0.2) is 41.5 Å². The average Bonchev–Trinajstić information content (AvgIpc) is 2.85. The zero-order chi connectivity index (χ0) is 18.0. The van der Waals surface area contributed by atoms with E-state index in [1.165, 1.54) is 18.2 Å². The summed E-state index contributed by atoms with van der Waals surface area (Å²) in [6.45, 7) is -0.683. The fourth-order valence-electron chi connectivity index (χ4n) is 2.53. The molecule has 0 spiro atoms. The van der Waals surface area contributed by atoms with Crippen LogP contribution in [0.2, 0.25) is 5.02 Å². The van der Waals surface area contributed by atoms with E-state index >= 15 is 0 Å². The fourth-order valence-corrected chi connectivity index (χ4v) is 2.72. The van der Waals surface area contributed by atoms with Crippen LogP contribution in [0.4, 0.5) is 0 Å². The number of Topliss-reactive ketones (excluding diaryl/α,β-unsaturated/α-hetero) is 1. The maximum Gasteiger partial charge on any atom is 0.262 e. The molecule has 0 radical (unpaired) electrons. The number of fused-ring (bicyclic) bond motifs is 1. The Morgan fingerprint density at radius 1 is 0.960 bits per heavy atom. The minimum Gasteiger partial charge on any atom is -0.347 e. The Bertz CT molecular complexity index is 859. The van der Waals surface area contributed by atoms with Crippen LogP contribution in [0.1, 0.15) is 31.1 Å². The number of nitrogens with zero attached hydrogens (tertiary/aromatic N) is 1. The van der Waals surface area contributed by atoms with Crippen LogP contribution in [0.5, 0.6) is 0 Å². The molecule has 7 heteroatoms. The molecule has 3 amide bonds. The molecule has 6 nitrogen and oxygen atoms in total. The number of carbonyl (C=O) groups excluding carboxylic acids is 4. The van der Waals surface area contributed by atoms with Gasteiger partial charge in [0.05, 0.1) is 17.7 Å². The van der Waals surface area contributed by atoms with Gasteiger partial charge in [0, 0.05) is 10.6 Å². The summed E-state index contributed by atoms with van der Waals surface area (Å²) in [7, 11) is 0. The highest BCUT2D eigenvalue weighted by atomic mass is 35.5. The van der Waals surface area contributed by atoms with Gasteiger partial charge < -0.3 is 5.32 Å². The van der Waals surface area contributed by atoms with Crippen LogP contribution in [0, 0.1) is 0 Å². The summed E-state index contributed by atoms with van der Waals surface area (Å²) in [5.41, 5.74) is 0.916. The number of imide groups is 1. The van der Waals surface area contributed by atoms with Crippen molar-refractivity contribution in [3.63, 3.8) is 0 Å². The monoisotopic (exact) mass is 356 g/mol. The van der Waals surface area contributed by atoms with E-state index < -0.39 is 24.3 Å². The van der Waals surface area contributed by atoms with Crippen molar-refractivity contribution in [3.05, 3.63) is 70.2 Å². The van der Waals surface area contributed by atoms with Crippen molar-refractivity contribution in [1.82, 2.24) is 10.2 Å². The maximum atomic E-state index is 12.2. The average molecular weight is 357 g/mol. The molecule has 0 unspecified atom stereocenters. The van der Waals surface area contributed by atoms with E-state index in [0.29, 0.717) is 10.6 Å². The first-order valence-electron chi connectivity index (χ1n) is 7.48. The third kappa shape index (κ3) is 3.44. The van der Waals surface area contributed by atoms with Crippen molar-refractivity contribution in [3.8, 4) is 0 Å². The van der Waals surface area contributed by atoms with Gasteiger partial charge in [-0.2, -0.15) is 0 Å². The number of carbonyl (C=O) groups is 4. The van der Waals surface area contributed by atoms with E-state index in [1.54, 1.807) is 30.3 Å². The molecule has 2 aromatic rings. The summed E-state index contributed by atoms with van der Waals surface area (Å²) >= 11 is 5.82. The summed E-state index contributed by atoms with van der Waals surface area (Å²) < 4.78 is 0. The number of ketones is 1. The number of nitrogens with one attached hydrogen (secondary N) is 1. The van der Waals surface area contributed by atoms with Gasteiger partial charge in [0.15, 0.2) is 5.78 Å². The van der Waals surface area contributed by atoms with E-state index in [0.717, 1.165) is 4.90 Å². The molecular weight excluding hydrogens is 344 g/mol. The lowest BCUT2D eigenvalue weighted by molar-refractivity contribution is -0.121. The second-order valence-corrected chi connectivity index (χ2v) is 5.89. The van der Waals surface area contributed by atoms with E-state index in [9.17, 15) is 19.2 Å². The molecule has 126 valence electrons. The minimum atomic E-state index is -0.593. The van der Waals surface area contributed by atoms with E-state index in [-0.39, 0.29) is 23.5 Å². The summed E-state index contributed by atoms with van der Waals surface area (Å²) in [5, 5.41) is 2.84. The number of rotatable bonds is 5. The first kappa shape index (κ1) is 16.9. The molecule has 25 heavy (non-hydrogen) atoms. The topological polar surface area (TPSA) is 83.6 Å². The molecule has 0 atom stereocenters. The fraction of sp³-hybridized carbons (Fsp3) is 0.111. The van der Waals surface area contributed by atoms with Gasteiger partial charge >= 0.3 is 0 Å². The third-order valence-corrected chi connectivity index (χ3v) is 4.01. The smallest absolute Gasteiger partial charge is 0.262 e. The first-order chi connectivity index (χ1) is 12.0. The number of hydrogen-bond donors (Lipinski definition) is 1. The van der Waals surface area contributed by atoms with Crippen LogP contribution in [0.3, 0.4) is 0 Å². The van der Waals surface area contributed by atoms with Gasteiger partial charge in [-0.15, -0.1) is 0 Å². The molecule has 0 fully saturated rings. The molecule has 1 N–H and O–H groups in total. The Balaban J connectivity index is 1.60. The lowest BCUT2D eigenvalue weighted by Gasteiger charge is -2.13. The summed E-state index contributed by atoms with van der Waals surface area (Å²) in [6, 6.07) is 12.7. The summed E-state index contributed by atoms with van der Waals surface area (Å²) in [5.74, 6) is -1.95. The Labute approximate surface area is 148 Å². The zero-order valence-corrected chi connectivity index (χ0v) is 13.7. The minimum absolute atomic E-state index is 0.248. The molecule has 3 rings (SSSR count). The Morgan fingerprint density at radius 2 is 1.60 bits per heavy atom. The van der Waals surface area contributed by atoms with Crippen molar-refractivity contribution >= 4 is 35.1 Å². The first-order valence-corrected chi connectivity index (χ1v) is 7.86. The molecule has 1 aliphatic heterocycles. The Hall–Kier alpha value is -2.99. The highest BCUT2D eigenvalue weighted by Crippen LogP contribution is 2.21. The molecule has 1 aliphatic rings. The number of amides is 3. The summed E-state index contributed by atoms with van der Waals surface area (Å²) in [6.07, 6.45) is 0. The van der Waals surface area contributed by atoms with E-state index in [4.69, 9.17) is 11.6 Å². The predicted molar refractivity (Wildman–Crippen MR) is 90.6 cm³/mol. The largest absolute Gasteiger partial charge is 0.347 e. The van der Waals surface area contributed by atoms with Gasteiger partial charge in [-0.25, -0.2) is 0 Å². The van der Waals surface area contributed by atoms with Gasteiger partial charge in [0.1, 0.15) is 6.54 Å².